The van der Waals surface area contributed by atoms with Crippen LogP contribution in [0.15, 0.2) is 18.2 Å². The fraction of sp³-hybridized carbons (Fsp3) is 0.739. The van der Waals surface area contributed by atoms with Crippen molar-refractivity contribution in [2.75, 3.05) is 7.11 Å². The van der Waals surface area contributed by atoms with Crippen molar-refractivity contribution in [3.63, 3.8) is 0 Å². The van der Waals surface area contributed by atoms with E-state index in [1.165, 1.54) is 17.5 Å². The largest absolute Gasteiger partial charge is 0.497 e. The van der Waals surface area contributed by atoms with E-state index in [0.29, 0.717) is 11.8 Å². The van der Waals surface area contributed by atoms with Gasteiger partial charge >= 0.3 is 0 Å². The van der Waals surface area contributed by atoms with E-state index in [9.17, 15) is 10.2 Å². The van der Waals surface area contributed by atoms with Crippen molar-refractivity contribution in [3.8, 4) is 5.75 Å². The van der Waals surface area contributed by atoms with E-state index in [4.69, 9.17) is 4.74 Å². The highest BCUT2D eigenvalue weighted by Crippen LogP contribution is 2.74. The Morgan fingerprint density at radius 3 is 2.65 bits per heavy atom. The van der Waals surface area contributed by atoms with Gasteiger partial charge in [-0.15, -0.1) is 0 Å². The summed E-state index contributed by atoms with van der Waals surface area (Å²) in [5, 5.41) is 22.2. The fourth-order valence-electron chi connectivity index (χ4n) is 7.73. The highest BCUT2D eigenvalue weighted by molar-refractivity contribution is 5.41. The number of hydrogen-bond acceptors (Lipinski definition) is 3. The van der Waals surface area contributed by atoms with Gasteiger partial charge in [0.2, 0.25) is 0 Å². The van der Waals surface area contributed by atoms with E-state index in [1.807, 2.05) is 6.92 Å². The van der Waals surface area contributed by atoms with Crippen molar-refractivity contribution in [2.45, 2.75) is 76.4 Å². The molecule has 5 rings (SSSR count). The number of methoxy groups -OCH3 is 1. The number of fused-ring (bicyclic) bond motifs is 4. The Kier molecular flexibility index (Phi) is 3.45. The highest BCUT2D eigenvalue weighted by Gasteiger charge is 2.71. The number of aliphatic hydroxyl groups is 2. The number of benzene rings is 1. The lowest BCUT2D eigenvalue weighted by molar-refractivity contribution is -0.100. The molecule has 3 heteroatoms. The van der Waals surface area contributed by atoms with Gasteiger partial charge in [0.25, 0.3) is 0 Å². The summed E-state index contributed by atoms with van der Waals surface area (Å²) < 4.78 is 5.44. The van der Waals surface area contributed by atoms with Gasteiger partial charge in [0.15, 0.2) is 0 Å². The predicted molar refractivity (Wildman–Crippen MR) is 101 cm³/mol. The van der Waals surface area contributed by atoms with Gasteiger partial charge < -0.3 is 14.9 Å². The Labute approximate surface area is 156 Å². The van der Waals surface area contributed by atoms with Gasteiger partial charge in [-0.05, 0) is 97.8 Å². The zero-order valence-electron chi connectivity index (χ0n) is 16.3. The molecular weight excluding hydrogens is 324 g/mol. The minimum atomic E-state index is -0.708. The summed E-state index contributed by atoms with van der Waals surface area (Å²) in [5.41, 5.74) is 2.43. The van der Waals surface area contributed by atoms with Gasteiger partial charge in [-0.25, -0.2) is 0 Å². The molecule has 4 aliphatic rings. The average Bonchev–Trinajstić information content (AvgIpc) is 2.85. The quantitative estimate of drug-likeness (QED) is 0.798. The number of aliphatic hydroxyl groups excluding tert-OH is 1. The van der Waals surface area contributed by atoms with Gasteiger partial charge in [0, 0.05) is 5.92 Å². The lowest BCUT2D eigenvalue weighted by atomic mass is 9.45. The topological polar surface area (TPSA) is 49.7 Å². The molecule has 3 nitrogen and oxygen atoms in total. The molecule has 1 aromatic carbocycles. The molecule has 7 atom stereocenters. The van der Waals surface area contributed by atoms with Crippen LogP contribution in [-0.2, 0) is 6.42 Å². The van der Waals surface area contributed by atoms with Crippen molar-refractivity contribution in [1.82, 2.24) is 0 Å². The van der Waals surface area contributed by atoms with Gasteiger partial charge in [0.1, 0.15) is 5.75 Å². The summed E-state index contributed by atoms with van der Waals surface area (Å²) in [4.78, 5) is 0. The highest BCUT2D eigenvalue weighted by atomic mass is 16.5. The van der Waals surface area contributed by atoms with E-state index in [0.717, 1.165) is 44.3 Å². The summed E-state index contributed by atoms with van der Waals surface area (Å²) in [5.74, 6) is 2.24. The van der Waals surface area contributed by atoms with Crippen LogP contribution in [0.25, 0.3) is 0 Å². The van der Waals surface area contributed by atoms with Crippen molar-refractivity contribution in [3.05, 3.63) is 29.3 Å². The predicted octanol–water partition coefficient (Wildman–Crippen LogP) is 4.05. The molecule has 0 amide bonds. The first-order valence-electron chi connectivity index (χ1n) is 10.4. The van der Waals surface area contributed by atoms with Gasteiger partial charge in [0.05, 0.1) is 18.8 Å². The van der Waals surface area contributed by atoms with Crippen LogP contribution in [0.1, 0.15) is 69.4 Å². The first-order valence-corrected chi connectivity index (χ1v) is 10.4. The molecule has 1 aromatic rings. The van der Waals surface area contributed by atoms with Crippen LogP contribution in [-0.4, -0.2) is 29.0 Å². The summed E-state index contributed by atoms with van der Waals surface area (Å²) in [7, 11) is 1.74. The molecule has 0 heterocycles. The SMILES string of the molecule is COc1ccc2c(c1)CC[C@@H]1[C@@H]2CC[C@]2(C)[C@H](O)[C@@H]3C[C@]12CC[C@]3(C)O. The van der Waals surface area contributed by atoms with E-state index in [-0.39, 0.29) is 22.9 Å². The zero-order valence-corrected chi connectivity index (χ0v) is 16.3. The standard InChI is InChI=1S/C23H32O3/c1-21-9-8-17-16-6-5-15(26-3)12-14(16)4-7-18(17)23(21)11-10-22(2,25)19(13-23)20(21)24/h5-6,12,17-20,24-25H,4,7-11,13H2,1-3H3/t17-,18-,19+,20-,21-,22+,23-/m1/s1. The lowest BCUT2D eigenvalue weighted by Gasteiger charge is -2.59. The third-order valence-corrected chi connectivity index (χ3v) is 9.28. The fourth-order valence-corrected chi connectivity index (χ4v) is 7.73. The normalized spacial score (nSPS) is 49.1. The maximum atomic E-state index is 11.3. The Bertz CT molecular complexity index is 741. The van der Waals surface area contributed by atoms with Gasteiger partial charge in [-0.1, -0.05) is 13.0 Å². The molecule has 2 N–H and O–H groups in total. The molecule has 1 spiro atoms. The number of rotatable bonds is 1. The smallest absolute Gasteiger partial charge is 0.119 e. The van der Waals surface area contributed by atoms with Gasteiger partial charge in [-0.2, -0.15) is 0 Å². The average molecular weight is 357 g/mol. The Morgan fingerprint density at radius 2 is 1.88 bits per heavy atom. The first kappa shape index (κ1) is 17.1. The van der Waals surface area contributed by atoms with Gasteiger partial charge in [-0.3, -0.25) is 0 Å². The third kappa shape index (κ3) is 1.91. The maximum Gasteiger partial charge on any atom is 0.119 e. The molecule has 0 aromatic heterocycles. The first-order chi connectivity index (χ1) is 12.3. The molecule has 0 saturated heterocycles. The van der Waals surface area contributed by atoms with E-state index < -0.39 is 5.60 Å². The second-order valence-corrected chi connectivity index (χ2v) is 10.0. The summed E-state index contributed by atoms with van der Waals surface area (Å²) in [6.07, 6.45) is 7.11. The zero-order chi connectivity index (χ0) is 18.3. The maximum absolute atomic E-state index is 11.3. The minimum absolute atomic E-state index is 0.0384. The minimum Gasteiger partial charge on any atom is -0.497 e. The molecule has 142 valence electrons. The lowest BCUT2D eigenvalue weighted by Crippen LogP contribution is -2.52. The third-order valence-electron chi connectivity index (χ3n) is 9.28. The van der Waals surface area contributed by atoms with Crippen LogP contribution in [0.4, 0.5) is 0 Å². The van der Waals surface area contributed by atoms with Crippen LogP contribution in [0, 0.1) is 22.7 Å². The number of aryl methyl sites for hydroxylation is 1. The van der Waals surface area contributed by atoms with E-state index in [1.54, 1.807) is 7.11 Å². The monoisotopic (exact) mass is 356 g/mol. The molecule has 26 heavy (non-hydrogen) atoms. The van der Waals surface area contributed by atoms with E-state index >= 15 is 0 Å². The summed E-state index contributed by atoms with van der Waals surface area (Å²) >= 11 is 0. The van der Waals surface area contributed by atoms with Crippen LogP contribution < -0.4 is 4.74 Å². The second-order valence-electron chi connectivity index (χ2n) is 10.0. The Morgan fingerprint density at radius 1 is 1.08 bits per heavy atom. The van der Waals surface area contributed by atoms with Crippen molar-refractivity contribution in [2.24, 2.45) is 22.7 Å². The van der Waals surface area contributed by atoms with Crippen LogP contribution in [0.5, 0.6) is 5.75 Å². The molecule has 3 fully saturated rings. The van der Waals surface area contributed by atoms with Crippen LogP contribution in [0.2, 0.25) is 0 Å². The van der Waals surface area contributed by atoms with Crippen molar-refractivity contribution in [1.29, 1.82) is 0 Å². The molecule has 4 aliphatic carbocycles. The van der Waals surface area contributed by atoms with Crippen molar-refractivity contribution < 1.29 is 14.9 Å². The molecule has 0 unspecified atom stereocenters. The van der Waals surface area contributed by atoms with E-state index in [2.05, 4.69) is 25.1 Å². The second kappa shape index (κ2) is 5.26. The molecular formula is C23H32O3. The molecule has 0 radical (unpaired) electrons. The Balaban J connectivity index is 1.58. The number of hydrogen-bond donors (Lipinski definition) is 2. The molecule has 0 aliphatic heterocycles. The molecule has 2 bridgehead atoms. The molecule has 3 saturated carbocycles. The summed E-state index contributed by atoms with van der Waals surface area (Å²) in [6.45, 7) is 4.28. The van der Waals surface area contributed by atoms with Crippen molar-refractivity contribution >= 4 is 0 Å². The van der Waals surface area contributed by atoms with Crippen LogP contribution >= 0.6 is 0 Å². The Hall–Kier alpha value is -1.06. The number of ether oxygens (including phenoxy) is 1. The van der Waals surface area contributed by atoms with Crippen LogP contribution in [0.3, 0.4) is 0 Å². The summed E-state index contributed by atoms with van der Waals surface area (Å²) in [6, 6.07) is 6.64.